The summed E-state index contributed by atoms with van der Waals surface area (Å²) in [6.45, 7) is 0.138. The van der Waals surface area contributed by atoms with Gasteiger partial charge in [0.05, 0.1) is 5.56 Å². The van der Waals surface area contributed by atoms with Crippen molar-refractivity contribution in [2.24, 2.45) is 5.73 Å². The number of nitrogens with two attached hydrogens (primary N) is 1. The van der Waals surface area contributed by atoms with E-state index in [1.54, 1.807) is 0 Å². The molecule has 1 aromatic rings. The van der Waals surface area contributed by atoms with Crippen molar-refractivity contribution in [3.05, 3.63) is 33.7 Å². The van der Waals surface area contributed by atoms with E-state index < -0.39 is 17.5 Å². The van der Waals surface area contributed by atoms with Crippen LogP contribution in [-0.2, 0) is 6.54 Å². The zero-order valence-corrected chi connectivity index (χ0v) is 6.18. The molecule has 1 heterocycles. The van der Waals surface area contributed by atoms with Crippen LogP contribution in [-0.4, -0.2) is 4.98 Å². The molecule has 0 aliphatic heterocycles. The fraction of sp³-hybridized carbons (Fsp3) is 0.286. The van der Waals surface area contributed by atoms with Crippen LogP contribution in [0, 0.1) is 0 Å². The highest BCUT2D eigenvalue weighted by Crippen LogP contribution is 2.13. The van der Waals surface area contributed by atoms with Gasteiger partial charge in [0.2, 0.25) is 0 Å². The second-order valence-electron chi connectivity index (χ2n) is 2.27. The molecule has 1 aromatic heterocycles. The lowest BCUT2D eigenvalue weighted by Gasteiger charge is -1.99. The van der Waals surface area contributed by atoms with E-state index in [1.807, 2.05) is 0 Å². The van der Waals surface area contributed by atoms with Crippen molar-refractivity contribution in [2.45, 2.75) is 13.0 Å². The van der Waals surface area contributed by atoms with E-state index in [1.165, 1.54) is 6.07 Å². The van der Waals surface area contributed by atoms with Gasteiger partial charge >= 0.3 is 0 Å². The number of halogens is 2. The Bertz CT molecular complexity index is 321. The summed E-state index contributed by atoms with van der Waals surface area (Å²) in [4.78, 5) is 13.1. The number of aromatic nitrogens is 1. The summed E-state index contributed by atoms with van der Waals surface area (Å²) >= 11 is 0. The Morgan fingerprint density at radius 1 is 1.50 bits per heavy atom. The van der Waals surface area contributed by atoms with E-state index in [2.05, 4.69) is 4.98 Å². The van der Waals surface area contributed by atoms with Gasteiger partial charge in [-0.15, -0.1) is 0 Å². The van der Waals surface area contributed by atoms with Crippen LogP contribution in [0.2, 0.25) is 0 Å². The van der Waals surface area contributed by atoms with Crippen LogP contribution in [0.15, 0.2) is 16.9 Å². The number of aromatic amines is 1. The van der Waals surface area contributed by atoms with E-state index in [4.69, 9.17) is 5.73 Å². The average molecular weight is 174 g/mol. The standard InChI is InChI=1S/C7H8F2N2O/c8-6(9)5-2-1-4(3-10)11-7(5)12/h1-2,6H,3,10H2,(H,11,12). The molecule has 66 valence electrons. The fourth-order valence-corrected chi connectivity index (χ4v) is 0.817. The largest absolute Gasteiger partial charge is 0.325 e. The number of rotatable bonds is 2. The summed E-state index contributed by atoms with van der Waals surface area (Å²) in [7, 11) is 0. The van der Waals surface area contributed by atoms with Crippen LogP contribution in [0.3, 0.4) is 0 Å². The smallest absolute Gasteiger partial charge is 0.269 e. The number of hydrogen-bond donors (Lipinski definition) is 2. The molecule has 3 N–H and O–H groups in total. The van der Waals surface area contributed by atoms with Crippen LogP contribution >= 0.6 is 0 Å². The number of hydrogen-bond acceptors (Lipinski definition) is 2. The maximum Gasteiger partial charge on any atom is 0.269 e. The predicted molar refractivity (Wildman–Crippen MR) is 39.9 cm³/mol. The first kappa shape index (κ1) is 8.86. The summed E-state index contributed by atoms with van der Waals surface area (Å²) < 4.78 is 24.0. The van der Waals surface area contributed by atoms with E-state index in [-0.39, 0.29) is 6.54 Å². The molecule has 5 heteroatoms. The third-order valence-electron chi connectivity index (χ3n) is 1.46. The molecule has 0 spiro atoms. The number of alkyl halides is 2. The van der Waals surface area contributed by atoms with Crippen molar-refractivity contribution in [2.75, 3.05) is 0 Å². The summed E-state index contributed by atoms with van der Waals surface area (Å²) in [5.74, 6) is 0. The summed E-state index contributed by atoms with van der Waals surface area (Å²) in [6, 6.07) is 2.47. The lowest BCUT2D eigenvalue weighted by atomic mass is 10.2. The highest BCUT2D eigenvalue weighted by Gasteiger charge is 2.10. The SMILES string of the molecule is NCc1ccc(C(F)F)c(=O)[nH]1. The Labute approximate surface area is 67.2 Å². The average Bonchev–Trinajstić information content (AvgIpc) is 2.03. The molecule has 3 nitrogen and oxygen atoms in total. The zero-order valence-electron chi connectivity index (χ0n) is 6.18. The van der Waals surface area contributed by atoms with Gasteiger partial charge in [0.1, 0.15) is 0 Å². The number of nitrogens with one attached hydrogen (secondary N) is 1. The van der Waals surface area contributed by atoms with E-state index in [0.717, 1.165) is 6.07 Å². The molecule has 0 radical (unpaired) electrons. The Morgan fingerprint density at radius 2 is 2.17 bits per heavy atom. The number of pyridine rings is 1. The van der Waals surface area contributed by atoms with Crippen molar-refractivity contribution < 1.29 is 8.78 Å². The van der Waals surface area contributed by atoms with Gasteiger partial charge in [-0.05, 0) is 12.1 Å². The van der Waals surface area contributed by atoms with Crippen LogP contribution in [0.25, 0.3) is 0 Å². The first-order chi connectivity index (χ1) is 5.65. The quantitative estimate of drug-likeness (QED) is 0.695. The highest BCUT2D eigenvalue weighted by atomic mass is 19.3. The van der Waals surface area contributed by atoms with Gasteiger partial charge in [-0.3, -0.25) is 4.79 Å². The third kappa shape index (κ3) is 1.68. The highest BCUT2D eigenvalue weighted by molar-refractivity contribution is 5.15. The van der Waals surface area contributed by atoms with Crippen molar-refractivity contribution >= 4 is 0 Å². The van der Waals surface area contributed by atoms with Crippen LogP contribution in [0.4, 0.5) is 8.78 Å². The predicted octanol–water partition coefficient (Wildman–Crippen LogP) is 0.771. The molecule has 0 saturated heterocycles. The van der Waals surface area contributed by atoms with Gasteiger partial charge in [0.25, 0.3) is 12.0 Å². The molecule has 1 rings (SSSR count). The fourth-order valence-electron chi connectivity index (χ4n) is 0.817. The molecule has 0 fully saturated rings. The first-order valence-corrected chi connectivity index (χ1v) is 3.35. The van der Waals surface area contributed by atoms with Crippen molar-refractivity contribution in [3.8, 4) is 0 Å². The van der Waals surface area contributed by atoms with Gasteiger partial charge in [0.15, 0.2) is 0 Å². The van der Waals surface area contributed by atoms with E-state index in [9.17, 15) is 13.6 Å². The van der Waals surface area contributed by atoms with Crippen molar-refractivity contribution in [1.82, 2.24) is 4.98 Å². The summed E-state index contributed by atoms with van der Waals surface area (Å²) in [6.07, 6.45) is -2.74. The normalized spacial score (nSPS) is 10.7. The molecule has 0 atom stereocenters. The first-order valence-electron chi connectivity index (χ1n) is 3.35. The van der Waals surface area contributed by atoms with Crippen LogP contribution < -0.4 is 11.3 Å². The lowest BCUT2D eigenvalue weighted by Crippen LogP contribution is -2.16. The summed E-state index contributed by atoms with van der Waals surface area (Å²) in [5, 5.41) is 0. The third-order valence-corrected chi connectivity index (χ3v) is 1.46. The molecule has 12 heavy (non-hydrogen) atoms. The minimum atomic E-state index is -2.74. The zero-order chi connectivity index (χ0) is 9.14. The maximum atomic E-state index is 12.0. The Kier molecular flexibility index (Phi) is 2.54. The minimum absolute atomic E-state index is 0.138. The molecule has 0 aliphatic rings. The molecule has 0 saturated carbocycles. The molecular weight excluding hydrogens is 166 g/mol. The van der Waals surface area contributed by atoms with Gasteiger partial charge in [-0.2, -0.15) is 0 Å². The van der Waals surface area contributed by atoms with Gasteiger partial charge in [-0.25, -0.2) is 8.78 Å². The molecular formula is C7H8F2N2O. The second kappa shape index (κ2) is 3.44. The molecule has 0 amide bonds. The second-order valence-corrected chi connectivity index (χ2v) is 2.27. The van der Waals surface area contributed by atoms with Crippen molar-refractivity contribution in [3.63, 3.8) is 0 Å². The Morgan fingerprint density at radius 3 is 2.58 bits per heavy atom. The van der Waals surface area contributed by atoms with Crippen LogP contribution in [0.1, 0.15) is 17.7 Å². The van der Waals surface area contributed by atoms with Gasteiger partial charge in [0, 0.05) is 12.2 Å². The summed E-state index contributed by atoms with van der Waals surface area (Å²) in [5.41, 5.74) is 4.34. The van der Waals surface area contributed by atoms with Crippen LogP contribution in [0.5, 0.6) is 0 Å². The molecule has 0 aliphatic carbocycles. The topological polar surface area (TPSA) is 58.9 Å². The van der Waals surface area contributed by atoms with Gasteiger partial charge in [-0.1, -0.05) is 0 Å². The molecule has 0 unspecified atom stereocenters. The molecule has 0 aromatic carbocycles. The van der Waals surface area contributed by atoms with E-state index in [0.29, 0.717) is 5.69 Å². The monoisotopic (exact) mass is 174 g/mol. The Hall–Kier alpha value is -1.23. The lowest BCUT2D eigenvalue weighted by molar-refractivity contribution is 0.149. The van der Waals surface area contributed by atoms with Crippen molar-refractivity contribution in [1.29, 1.82) is 0 Å². The Balaban J connectivity index is 3.12. The number of H-pyrrole nitrogens is 1. The minimum Gasteiger partial charge on any atom is -0.325 e. The van der Waals surface area contributed by atoms with E-state index >= 15 is 0 Å². The molecule has 0 bridgehead atoms. The maximum absolute atomic E-state index is 12.0. The van der Waals surface area contributed by atoms with Gasteiger partial charge < -0.3 is 10.7 Å².